The Hall–Kier alpha value is -2.86. The fraction of sp³-hybridized carbons (Fsp3) is 0.263. The van der Waals surface area contributed by atoms with Crippen LogP contribution >= 0.6 is 0 Å². The van der Waals surface area contributed by atoms with Crippen LogP contribution in [0.15, 0.2) is 54.9 Å². The van der Waals surface area contributed by atoms with Gasteiger partial charge in [-0.3, -0.25) is 4.79 Å². The summed E-state index contributed by atoms with van der Waals surface area (Å²) in [5, 5.41) is 2.81. The predicted octanol–water partition coefficient (Wildman–Crippen LogP) is 2.98. The summed E-state index contributed by atoms with van der Waals surface area (Å²) in [6.07, 6.45) is 5.45. The van der Waals surface area contributed by atoms with E-state index in [1.165, 1.54) is 0 Å². The Morgan fingerprint density at radius 1 is 1.28 bits per heavy atom. The Bertz CT molecular complexity index is 809. The molecule has 1 aromatic carbocycles. The number of imidazole rings is 1. The number of hydrogen-bond acceptors (Lipinski definition) is 4. The normalized spacial score (nSPS) is 12.1. The molecule has 0 fully saturated rings. The van der Waals surface area contributed by atoms with Gasteiger partial charge in [0.25, 0.3) is 0 Å². The first-order valence-corrected chi connectivity index (χ1v) is 8.37. The lowest BCUT2D eigenvalue weighted by atomic mass is 10.1. The first kappa shape index (κ1) is 17.0. The first-order chi connectivity index (χ1) is 12.2. The summed E-state index contributed by atoms with van der Waals surface area (Å²) in [5.74, 6) is 0.549. The number of ether oxygens (including phenoxy) is 1. The lowest BCUT2D eigenvalue weighted by Crippen LogP contribution is -2.35. The minimum absolute atomic E-state index is 0.166. The summed E-state index contributed by atoms with van der Waals surface area (Å²) < 4.78 is 7.71. The van der Waals surface area contributed by atoms with Crippen LogP contribution in [0.5, 0.6) is 5.75 Å². The third-order valence-electron chi connectivity index (χ3n) is 3.86. The van der Waals surface area contributed by atoms with Crippen molar-refractivity contribution >= 4 is 17.2 Å². The van der Waals surface area contributed by atoms with Crippen LogP contribution < -0.4 is 15.8 Å². The zero-order chi connectivity index (χ0) is 17.6. The van der Waals surface area contributed by atoms with Crippen molar-refractivity contribution in [2.45, 2.75) is 32.4 Å². The molecule has 1 unspecified atom stereocenters. The highest BCUT2D eigenvalue weighted by molar-refractivity contribution is 5.94. The fourth-order valence-corrected chi connectivity index (χ4v) is 2.53. The maximum atomic E-state index is 11.9. The zero-order valence-corrected chi connectivity index (χ0v) is 14.2. The Morgan fingerprint density at radius 3 is 2.80 bits per heavy atom. The summed E-state index contributed by atoms with van der Waals surface area (Å²) in [5.41, 5.74) is 8.26. The van der Waals surface area contributed by atoms with E-state index in [9.17, 15) is 4.79 Å². The maximum absolute atomic E-state index is 11.9. The summed E-state index contributed by atoms with van der Waals surface area (Å²) in [7, 11) is 0. The van der Waals surface area contributed by atoms with Crippen molar-refractivity contribution in [2.75, 3.05) is 5.32 Å². The van der Waals surface area contributed by atoms with E-state index in [0.717, 1.165) is 17.8 Å². The fourth-order valence-electron chi connectivity index (χ4n) is 2.53. The quantitative estimate of drug-likeness (QED) is 0.694. The van der Waals surface area contributed by atoms with Crippen LogP contribution in [0.2, 0.25) is 0 Å². The van der Waals surface area contributed by atoms with E-state index in [1.54, 1.807) is 12.1 Å². The summed E-state index contributed by atoms with van der Waals surface area (Å²) in [4.78, 5) is 16.4. The number of fused-ring (bicyclic) bond motifs is 1. The number of nitrogens with one attached hydrogen (secondary N) is 1. The van der Waals surface area contributed by atoms with E-state index in [0.29, 0.717) is 24.5 Å². The topological polar surface area (TPSA) is 81.7 Å². The van der Waals surface area contributed by atoms with E-state index in [4.69, 9.17) is 10.5 Å². The number of rotatable bonds is 7. The Kier molecular flexibility index (Phi) is 5.30. The SMILES string of the molecule is CCCC(N)C(=O)Nc1ccc(OCc2cn3ccccc3n2)cc1. The van der Waals surface area contributed by atoms with Gasteiger partial charge in [-0.2, -0.15) is 0 Å². The third kappa shape index (κ3) is 4.36. The summed E-state index contributed by atoms with van der Waals surface area (Å²) >= 11 is 0. The number of anilines is 1. The van der Waals surface area contributed by atoms with Crippen molar-refractivity contribution in [3.05, 3.63) is 60.6 Å². The summed E-state index contributed by atoms with van der Waals surface area (Å²) in [6, 6.07) is 12.6. The van der Waals surface area contributed by atoms with E-state index in [2.05, 4.69) is 10.3 Å². The Labute approximate surface area is 146 Å². The molecule has 2 heterocycles. The minimum atomic E-state index is -0.476. The minimum Gasteiger partial charge on any atom is -0.487 e. The molecule has 3 N–H and O–H groups in total. The van der Waals surface area contributed by atoms with Crippen molar-refractivity contribution < 1.29 is 9.53 Å². The van der Waals surface area contributed by atoms with E-state index in [-0.39, 0.29) is 5.91 Å². The van der Waals surface area contributed by atoms with Crippen LogP contribution in [0.4, 0.5) is 5.69 Å². The standard InChI is InChI=1S/C19H22N4O2/c1-2-5-17(20)19(24)22-14-7-9-16(10-8-14)25-13-15-12-23-11-4-3-6-18(23)21-15/h3-4,6-12,17H,2,5,13,20H2,1H3,(H,22,24). The molecule has 6 heteroatoms. The lowest BCUT2D eigenvalue weighted by Gasteiger charge is -2.11. The van der Waals surface area contributed by atoms with Crippen LogP contribution in [0, 0.1) is 0 Å². The van der Waals surface area contributed by atoms with Gasteiger partial charge < -0.3 is 20.2 Å². The molecule has 0 aliphatic carbocycles. The number of hydrogen-bond donors (Lipinski definition) is 2. The monoisotopic (exact) mass is 338 g/mol. The second-order valence-corrected chi connectivity index (χ2v) is 5.90. The van der Waals surface area contributed by atoms with Crippen molar-refractivity contribution in [2.24, 2.45) is 5.73 Å². The molecule has 1 amide bonds. The van der Waals surface area contributed by atoms with Gasteiger partial charge >= 0.3 is 0 Å². The lowest BCUT2D eigenvalue weighted by molar-refractivity contribution is -0.117. The highest BCUT2D eigenvalue weighted by Crippen LogP contribution is 2.17. The van der Waals surface area contributed by atoms with Crippen LogP contribution in [-0.4, -0.2) is 21.3 Å². The van der Waals surface area contributed by atoms with Gasteiger partial charge in [0.2, 0.25) is 5.91 Å². The van der Waals surface area contributed by atoms with Gasteiger partial charge in [0.1, 0.15) is 18.0 Å². The smallest absolute Gasteiger partial charge is 0.241 e. The van der Waals surface area contributed by atoms with Gasteiger partial charge in [-0.1, -0.05) is 19.4 Å². The predicted molar refractivity (Wildman–Crippen MR) is 97.5 cm³/mol. The van der Waals surface area contributed by atoms with Gasteiger partial charge in [0, 0.05) is 18.1 Å². The molecular formula is C19H22N4O2. The average molecular weight is 338 g/mol. The zero-order valence-electron chi connectivity index (χ0n) is 14.2. The van der Waals surface area contributed by atoms with E-state index < -0.39 is 6.04 Å². The molecule has 2 aromatic heterocycles. The molecule has 0 saturated heterocycles. The number of nitrogens with zero attached hydrogens (tertiary/aromatic N) is 2. The van der Waals surface area contributed by atoms with Crippen molar-refractivity contribution in [1.29, 1.82) is 0 Å². The van der Waals surface area contributed by atoms with Gasteiger partial charge in [-0.05, 0) is 42.8 Å². The van der Waals surface area contributed by atoms with E-state index in [1.807, 2.05) is 54.0 Å². The highest BCUT2D eigenvalue weighted by atomic mass is 16.5. The van der Waals surface area contributed by atoms with Crippen molar-refractivity contribution in [1.82, 2.24) is 9.38 Å². The number of aromatic nitrogens is 2. The molecule has 1 atom stereocenters. The van der Waals surface area contributed by atoms with Crippen LogP contribution in [0.3, 0.4) is 0 Å². The van der Waals surface area contributed by atoms with Crippen LogP contribution in [0.25, 0.3) is 5.65 Å². The molecule has 0 spiro atoms. The third-order valence-corrected chi connectivity index (χ3v) is 3.86. The van der Waals surface area contributed by atoms with Gasteiger partial charge in [0.15, 0.2) is 0 Å². The Morgan fingerprint density at radius 2 is 2.08 bits per heavy atom. The average Bonchev–Trinajstić information content (AvgIpc) is 3.04. The van der Waals surface area contributed by atoms with E-state index >= 15 is 0 Å². The Balaban J connectivity index is 1.56. The molecule has 3 aromatic rings. The number of carbonyl (C=O) groups is 1. The molecule has 0 aliphatic heterocycles. The molecule has 130 valence electrons. The summed E-state index contributed by atoms with van der Waals surface area (Å²) in [6.45, 7) is 2.39. The highest BCUT2D eigenvalue weighted by Gasteiger charge is 2.12. The molecule has 3 rings (SSSR count). The molecular weight excluding hydrogens is 316 g/mol. The molecule has 0 saturated carbocycles. The molecule has 0 radical (unpaired) electrons. The second-order valence-electron chi connectivity index (χ2n) is 5.90. The molecule has 0 aliphatic rings. The molecule has 0 bridgehead atoms. The maximum Gasteiger partial charge on any atom is 0.241 e. The number of amides is 1. The van der Waals surface area contributed by atoms with Crippen LogP contribution in [-0.2, 0) is 11.4 Å². The number of benzene rings is 1. The second kappa shape index (κ2) is 7.81. The van der Waals surface area contributed by atoms with Crippen molar-refractivity contribution in [3.8, 4) is 5.75 Å². The number of carbonyl (C=O) groups excluding carboxylic acids is 1. The van der Waals surface area contributed by atoms with Crippen molar-refractivity contribution in [3.63, 3.8) is 0 Å². The largest absolute Gasteiger partial charge is 0.487 e. The first-order valence-electron chi connectivity index (χ1n) is 8.37. The van der Waals surface area contributed by atoms with Crippen LogP contribution in [0.1, 0.15) is 25.5 Å². The van der Waals surface area contributed by atoms with Gasteiger partial charge in [0.05, 0.1) is 11.7 Å². The number of pyridine rings is 1. The number of nitrogens with two attached hydrogens (primary N) is 1. The van der Waals surface area contributed by atoms with Gasteiger partial charge in [-0.15, -0.1) is 0 Å². The molecule has 25 heavy (non-hydrogen) atoms. The van der Waals surface area contributed by atoms with Gasteiger partial charge in [-0.25, -0.2) is 4.98 Å². The molecule has 6 nitrogen and oxygen atoms in total.